The molecule has 4 aliphatic carbocycles. The number of pyridine rings is 1. The highest BCUT2D eigenvalue weighted by Crippen LogP contribution is 2.67. The number of rotatable bonds is 2. The van der Waals surface area contributed by atoms with Gasteiger partial charge in [0.15, 0.2) is 0 Å². The molecule has 0 aromatic carbocycles. The molecule has 3 heteroatoms. The summed E-state index contributed by atoms with van der Waals surface area (Å²) in [6.07, 6.45) is 13.2. The predicted octanol–water partition coefficient (Wildman–Crippen LogP) is 6.35. The van der Waals surface area contributed by atoms with E-state index in [1.165, 1.54) is 31.3 Å². The van der Waals surface area contributed by atoms with E-state index < -0.39 is 0 Å². The van der Waals surface area contributed by atoms with Gasteiger partial charge in [-0.3, -0.25) is 9.78 Å². The van der Waals surface area contributed by atoms with Gasteiger partial charge < -0.3 is 5.11 Å². The molecular formula is C27H37NO2. The van der Waals surface area contributed by atoms with Crippen molar-refractivity contribution in [1.29, 1.82) is 0 Å². The lowest BCUT2D eigenvalue weighted by Gasteiger charge is -2.57. The molecule has 0 saturated heterocycles. The zero-order valence-corrected chi connectivity index (χ0v) is 19.1. The molecular weight excluding hydrogens is 370 g/mol. The highest BCUT2D eigenvalue weighted by atomic mass is 16.3. The molecule has 3 saturated carbocycles. The number of aryl methyl sites for hydroxylation is 1. The number of hydrogen-bond donors (Lipinski definition) is 1. The first-order chi connectivity index (χ1) is 14.2. The van der Waals surface area contributed by atoms with Gasteiger partial charge in [0.2, 0.25) is 0 Å². The first kappa shape index (κ1) is 20.3. The van der Waals surface area contributed by atoms with Gasteiger partial charge in [0.1, 0.15) is 11.5 Å². The van der Waals surface area contributed by atoms with Crippen LogP contribution >= 0.6 is 0 Å². The number of aromatic hydroxyl groups is 1. The van der Waals surface area contributed by atoms with Crippen LogP contribution in [0.2, 0.25) is 0 Å². The Morgan fingerprint density at radius 1 is 1.17 bits per heavy atom. The van der Waals surface area contributed by atoms with Crippen molar-refractivity contribution in [2.24, 2.45) is 34.5 Å². The minimum Gasteiger partial charge on any atom is -0.506 e. The molecule has 0 unspecified atom stereocenters. The van der Waals surface area contributed by atoms with Crippen LogP contribution in [0.15, 0.2) is 23.9 Å². The Bertz CT molecular complexity index is 904. The van der Waals surface area contributed by atoms with Crippen LogP contribution in [0.4, 0.5) is 0 Å². The van der Waals surface area contributed by atoms with Crippen LogP contribution in [0.3, 0.4) is 0 Å². The first-order valence-corrected chi connectivity index (χ1v) is 12.1. The van der Waals surface area contributed by atoms with Gasteiger partial charge in [-0.05, 0) is 91.6 Å². The molecule has 0 bridgehead atoms. The van der Waals surface area contributed by atoms with Crippen molar-refractivity contribution in [2.45, 2.75) is 85.0 Å². The number of allylic oxidation sites excluding steroid dienone is 2. The van der Waals surface area contributed by atoms with Gasteiger partial charge in [0.25, 0.3) is 0 Å². The lowest BCUT2D eigenvalue weighted by molar-refractivity contribution is -0.122. The zero-order chi connectivity index (χ0) is 21.3. The second-order valence-electron chi connectivity index (χ2n) is 11.4. The molecule has 3 fully saturated rings. The van der Waals surface area contributed by atoms with E-state index in [1.807, 2.05) is 19.2 Å². The second kappa shape index (κ2) is 6.93. The molecule has 162 valence electrons. The Labute approximate surface area is 181 Å². The van der Waals surface area contributed by atoms with Crippen molar-refractivity contribution in [1.82, 2.24) is 4.98 Å². The van der Waals surface area contributed by atoms with Crippen LogP contribution in [0.5, 0.6) is 5.75 Å². The summed E-state index contributed by atoms with van der Waals surface area (Å²) in [7, 11) is 0. The summed E-state index contributed by atoms with van der Waals surface area (Å²) in [5.74, 6) is 3.92. The summed E-state index contributed by atoms with van der Waals surface area (Å²) >= 11 is 0. The highest BCUT2D eigenvalue weighted by molar-refractivity contribution is 5.82. The number of aromatic nitrogens is 1. The van der Waals surface area contributed by atoms with Crippen molar-refractivity contribution < 1.29 is 9.90 Å². The normalized spacial score (nSPS) is 41.5. The van der Waals surface area contributed by atoms with Crippen molar-refractivity contribution in [3.8, 4) is 5.75 Å². The third kappa shape index (κ3) is 2.83. The molecule has 0 amide bonds. The number of carbonyl (C=O) groups is 1. The maximum absolute atomic E-state index is 12.1. The van der Waals surface area contributed by atoms with Gasteiger partial charge in [0, 0.05) is 25.0 Å². The van der Waals surface area contributed by atoms with Crippen molar-refractivity contribution in [3.05, 3.63) is 35.2 Å². The molecule has 5 rings (SSSR count). The lowest BCUT2D eigenvalue weighted by atomic mass is 9.47. The predicted molar refractivity (Wildman–Crippen MR) is 119 cm³/mol. The third-order valence-electron chi connectivity index (χ3n) is 10.1. The minimum absolute atomic E-state index is 0.249. The second-order valence-corrected chi connectivity index (χ2v) is 11.4. The Balaban J connectivity index is 1.43. The fourth-order valence-electron chi connectivity index (χ4n) is 8.44. The van der Waals surface area contributed by atoms with E-state index in [0.29, 0.717) is 29.3 Å². The Morgan fingerprint density at radius 3 is 2.73 bits per heavy atom. The van der Waals surface area contributed by atoms with E-state index in [2.05, 4.69) is 31.8 Å². The van der Waals surface area contributed by atoms with Crippen LogP contribution in [-0.2, 0) is 4.79 Å². The van der Waals surface area contributed by atoms with Crippen LogP contribution in [0.1, 0.15) is 89.3 Å². The quantitative estimate of drug-likeness (QED) is 0.581. The Kier molecular flexibility index (Phi) is 4.69. The van der Waals surface area contributed by atoms with E-state index in [0.717, 1.165) is 48.3 Å². The fraction of sp³-hybridized carbons (Fsp3) is 0.704. The van der Waals surface area contributed by atoms with Gasteiger partial charge in [-0.25, -0.2) is 0 Å². The number of ketones is 1. The average molecular weight is 408 g/mol. The maximum Gasteiger partial charge on any atom is 0.137 e. The number of fused-ring (bicyclic) bond motifs is 5. The number of Topliss-reactive ketones (excluding diaryl/α,β-unsaturated/α-hetero) is 1. The van der Waals surface area contributed by atoms with Crippen LogP contribution in [0, 0.1) is 41.4 Å². The zero-order valence-electron chi connectivity index (χ0n) is 19.1. The summed E-state index contributed by atoms with van der Waals surface area (Å²) in [5, 5.41) is 10.6. The lowest BCUT2D eigenvalue weighted by Crippen LogP contribution is -2.50. The van der Waals surface area contributed by atoms with Gasteiger partial charge in [-0.15, -0.1) is 0 Å². The van der Waals surface area contributed by atoms with Gasteiger partial charge in [-0.1, -0.05) is 32.4 Å². The Morgan fingerprint density at radius 2 is 1.97 bits per heavy atom. The topological polar surface area (TPSA) is 50.2 Å². The molecule has 0 spiro atoms. The van der Waals surface area contributed by atoms with Crippen LogP contribution < -0.4 is 0 Å². The summed E-state index contributed by atoms with van der Waals surface area (Å²) in [5.41, 5.74) is 3.94. The largest absolute Gasteiger partial charge is 0.506 e. The summed E-state index contributed by atoms with van der Waals surface area (Å²) in [6, 6.07) is 1.86. The molecule has 1 N–H and O–H groups in total. The standard InChI is InChI=1S/C27H37NO2/c1-16-13-24(30)25(28-15-16)17(2)21-7-8-22-20-6-5-18-14-19(29)9-11-26(18,3)23(20)10-12-27(21,22)4/h5,13,15,17,20-23,30H,6-12,14H2,1-4H3/t17-,20+,21-,22+,23+,26+,27-/m1/s1. The molecule has 0 radical (unpaired) electrons. The fourth-order valence-corrected chi connectivity index (χ4v) is 8.44. The summed E-state index contributed by atoms with van der Waals surface area (Å²) < 4.78 is 0. The summed E-state index contributed by atoms with van der Waals surface area (Å²) in [6.45, 7) is 9.28. The summed E-state index contributed by atoms with van der Waals surface area (Å²) in [4.78, 5) is 16.7. The monoisotopic (exact) mass is 407 g/mol. The number of nitrogens with zero attached hydrogens (tertiary/aromatic N) is 1. The van der Waals surface area contributed by atoms with Crippen LogP contribution in [0.25, 0.3) is 0 Å². The van der Waals surface area contributed by atoms with Gasteiger partial charge >= 0.3 is 0 Å². The highest BCUT2D eigenvalue weighted by Gasteiger charge is 2.59. The molecule has 7 atom stereocenters. The number of hydrogen-bond acceptors (Lipinski definition) is 3. The third-order valence-corrected chi connectivity index (χ3v) is 10.1. The molecule has 3 nitrogen and oxygen atoms in total. The average Bonchev–Trinajstić information content (AvgIpc) is 3.05. The van der Waals surface area contributed by atoms with Crippen molar-refractivity contribution in [2.75, 3.05) is 0 Å². The molecule has 4 aliphatic rings. The van der Waals surface area contributed by atoms with Gasteiger partial charge in [0.05, 0.1) is 5.69 Å². The van der Waals surface area contributed by atoms with Crippen molar-refractivity contribution in [3.63, 3.8) is 0 Å². The molecule has 1 aromatic heterocycles. The minimum atomic E-state index is 0.249. The molecule has 30 heavy (non-hydrogen) atoms. The van der Waals surface area contributed by atoms with E-state index in [1.54, 1.807) is 0 Å². The Hall–Kier alpha value is -1.64. The number of carbonyl (C=O) groups excluding carboxylic acids is 1. The maximum atomic E-state index is 12.1. The molecule has 1 heterocycles. The van der Waals surface area contributed by atoms with E-state index in [-0.39, 0.29) is 11.3 Å². The molecule has 0 aliphatic heterocycles. The van der Waals surface area contributed by atoms with Crippen LogP contribution in [-0.4, -0.2) is 15.9 Å². The SMILES string of the molecule is Cc1cnc([C@H](C)[C@H]2CC[C@H]3[C@@H]4CC=C5CC(=O)CC[C@]5(C)[C@H]4CC[C@]23C)c(O)c1. The molecule has 1 aromatic rings. The smallest absolute Gasteiger partial charge is 0.137 e. The van der Waals surface area contributed by atoms with E-state index >= 15 is 0 Å². The van der Waals surface area contributed by atoms with Gasteiger partial charge in [-0.2, -0.15) is 0 Å². The van der Waals surface area contributed by atoms with E-state index in [4.69, 9.17) is 0 Å². The van der Waals surface area contributed by atoms with Crippen molar-refractivity contribution >= 4 is 5.78 Å². The van der Waals surface area contributed by atoms with E-state index in [9.17, 15) is 9.90 Å². The first-order valence-electron chi connectivity index (χ1n) is 12.1.